The Labute approximate surface area is 141 Å². The van der Waals surface area contributed by atoms with Gasteiger partial charge in [0.25, 0.3) is 0 Å². The maximum absolute atomic E-state index is 12.8. The zero-order valence-electron chi connectivity index (χ0n) is 12.4. The Morgan fingerprint density at radius 2 is 2.22 bits per heavy atom. The van der Waals surface area contributed by atoms with E-state index in [-0.39, 0.29) is 23.1 Å². The first-order valence-electron chi connectivity index (χ1n) is 7.65. The summed E-state index contributed by atoms with van der Waals surface area (Å²) >= 11 is 3.40. The van der Waals surface area contributed by atoms with Gasteiger partial charge in [0.15, 0.2) is 5.65 Å². The van der Waals surface area contributed by atoms with E-state index >= 15 is 0 Å². The number of nitrogens with zero attached hydrogens (tertiary/aromatic N) is 3. The topological polar surface area (TPSA) is 88.4 Å². The highest BCUT2D eigenvalue weighted by Gasteiger charge is 2.51. The zero-order chi connectivity index (χ0) is 16.0. The average molecular weight is 378 g/mol. The minimum Gasteiger partial charge on any atom is -0.355 e. The van der Waals surface area contributed by atoms with Crippen molar-refractivity contribution >= 4 is 39.3 Å². The van der Waals surface area contributed by atoms with Gasteiger partial charge in [-0.3, -0.25) is 19.3 Å². The van der Waals surface area contributed by atoms with Crippen molar-refractivity contribution in [1.29, 1.82) is 0 Å². The van der Waals surface area contributed by atoms with Crippen LogP contribution in [0.15, 0.2) is 22.8 Å². The molecule has 0 radical (unpaired) electrons. The van der Waals surface area contributed by atoms with Crippen molar-refractivity contribution in [3.05, 3.63) is 22.8 Å². The lowest BCUT2D eigenvalue weighted by Crippen LogP contribution is -2.55. The van der Waals surface area contributed by atoms with Gasteiger partial charge in [-0.2, -0.15) is 0 Å². The molecule has 2 aliphatic rings. The smallest absolute Gasteiger partial charge is 0.235 e. The van der Waals surface area contributed by atoms with Crippen molar-refractivity contribution in [1.82, 2.24) is 19.9 Å². The number of nitrogens with one attached hydrogen (secondary N) is 2. The third-order valence-electron chi connectivity index (χ3n) is 5.02. The number of fused-ring (bicyclic) bond motifs is 1. The van der Waals surface area contributed by atoms with Gasteiger partial charge in [-0.1, -0.05) is 6.42 Å². The molecule has 2 amide bonds. The molecule has 23 heavy (non-hydrogen) atoms. The SMILES string of the molecule is O=C1CC2(CCC2)C(C(=O)Nc2nnc3ccc(Br)cn23)CN1. The standard InChI is InChI=1S/C15H16BrN5O2/c16-9-2-3-11-19-20-14(21(11)8-9)18-13(23)10-7-17-12(22)6-15(10)4-1-5-15/h2-3,8,10H,1,4-7H2,(H,17,22)(H,18,20,23). The summed E-state index contributed by atoms with van der Waals surface area (Å²) in [6, 6.07) is 3.69. The molecule has 7 nitrogen and oxygen atoms in total. The van der Waals surface area contributed by atoms with Crippen LogP contribution in [-0.4, -0.2) is 33.0 Å². The molecule has 120 valence electrons. The van der Waals surface area contributed by atoms with Gasteiger partial charge < -0.3 is 5.32 Å². The van der Waals surface area contributed by atoms with Crippen LogP contribution in [0.5, 0.6) is 0 Å². The summed E-state index contributed by atoms with van der Waals surface area (Å²) in [6.07, 6.45) is 5.21. The third kappa shape index (κ3) is 2.41. The molecule has 0 aromatic carbocycles. The Kier molecular flexibility index (Phi) is 3.37. The molecule has 1 aliphatic heterocycles. The Morgan fingerprint density at radius 1 is 1.39 bits per heavy atom. The number of rotatable bonds is 2. The number of anilines is 1. The zero-order valence-corrected chi connectivity index (χ0v) is 14.0. The van der Waals surface area contributed by atoms with Crippen molar-refractivity contribution in [2.24, 2.45) is 11.3 Å². The summed E-state index contributed by atoms with van der Waals surface area (Å²) in [4.78, 5) is 24.4. The summed E-state index contributed by atoms with van der Waals surface area (Å²) in [5.74, 6) is 0.135. The lowest BCUT2D eigenvalue weighted by Gasteiger charge is -2.49. The molecular weight excluding hydrogens is 362 g/mol. The maximum Gasteiger partial charge on any atom is 0.235 e. The van der Waals surface area contributed by atoms with E-state index in [1.54, 1.807) is 4.40 Å². The summed E-state index contributed by atoms with van der Waals surface area (Å²) in [7, 11) is 0. The van der Waals surface area contributed by atoms with Gasteiger partial charge in [-0.25, -0.2) is 0 Å². The van der Waals surface area contributed by atoms with Gasteiger partial charge in [0.1, 0.15) is 0 Å². The van der Waals surface area contributed by atoms with E-state index in [1.807, 2.05) is 18.3 Å². The summed E-state index contributed by atoms with van der Waals surface area (Å²) in [5.41, 5.74) is 0.492. The fraction of sp³-hybridized carbons (Fsp3) is 0.467. The van der Waals surface area contributed by atoms with E-state index in [0.717, 1.165) is 23.7 Å². The highest BCUT2D eigenvalue weighted by Crippen LogP contribution is 2.51. The van der Waals surface area contributed by atoms with E-state index < -0.39 is 0 Å². The fourth-order valence-electron chi connectivity index (χ4n) is 3.61. The van der Waals surface area contributed by atoms with E-state index in [9.17, 15) is 9.59 Å². The third-order valence-corrected chi connectivity index (χ3v) is 5.49. The summed E-state index contributed by atoms with van der Waals surface area (Å²) in [5, 5.41) is 13.8. The highest BCUT2D eigenvalue weighted by atomic mass is 79.9. The Bertz CT molecular complexity index is 798. The van der Waals surface area contributed by atoms with Crippen LogP contribution in [0.2, 0.25) is 0 Å². The van der Waals surface area contributed by atoms with Gasteiger partial charge in [0.2, 0.25) is 17.8 Å². The predicted molar refractivity (Wildman–Crippen MR) is 86.7 cm³/mol. The molecule has 1 atom stereocenters. The number of pyridine rings is 1. The average Bonchev–Trinajstić information content (AvgIpc) is 2.87. The number of hydrogen-bond acceptors (Lipinski definition) is 4. The number of carbonyl (C=O) groups excluding carboxylic acids is 2. The minimum absolute atomic E-state index is 0.0469. The molecule has 1 saturated heterocycles. The van der Waals surface area contributed by atoms with Crippen LogP contribution in [-0.2, 0) is 9.59 Å². The monoisotopic (exact) mass is 377 g/mol. The number of halogens is 1. The van der Waals surface area contributed by atoms with Crippen molar-refractivity contribution in [2.45, 2.75) is 25.7 Å². The van der Waals surface area contributed by atoms with E-state index in [1.165, 1.54) is 0 Å². The molecule has 4 rings (SSSR count). The van der Waals surface area contributed by atoms with E-state index in [2.05, 4.69) is 36.8 Å². The number of amides is 2. The number of piperidine rings is 1. The second-order valence-corrected chi connectivity index (χ2v) is 7.25. The van der Waals surface area contributed by atoms with Crippen molar-refractivity contribution in [3.63, 3.8) is 0 Å². The first-order chi connectivity index (χ1) is 11.1. The van der Waals surface area contributed by atoms with Gasteiger partial charge in [-0.15, -0.1) is 10.2 Å². The van der Waals surface area contributed by atoms with Gasteiger partial charge in [0, 0.05) is 23.6 Å². The first kappa shape index (κ1) is 14.6. The molecule has 1 spiro atoms. The maximum atomic E-state index is 12.8. The number of hydrogen-bond donors (Lipinski definition) is 2. The van der Waals surface area contributed by atoms with Crippen LogP contribution < -0.4 is 10.6 Å². The quantitative estimate of drug-likeness (QED) is 0.833. The van der Waals surface area contributed by atoms with Crippen molar-refractivity contribution in [3.8, 4) is 0 Å². The largest absolute Gasteiger partial charge is 0.355 e. The molecule has 1 aliphatic carbocycles. The fourth-order valence-corrected chi connectivity index (χ4v) is 3.95. The molecule has 0 bridgehead atoms. The van der Waals surface area contributed by atoms with Crippen LogP contribution in [0.3, 0.4) is 0 Å². The van der Waals surface area contributed by atoms with E-state index in [0.29, 0.717) is 24.6 Å². The molecule has 2 N–H and O–H groups in total. The second-order valence-electron chi connectivity index (χ2n) is 6.34. The Hall–Kier alpha value is -1.96. The Balaban J connectivity index is 1.59. The van der Waals surface area contributed by atoms with Gasteiger partial charge >= 0.3 is 0 Å². The van der Waals surface area contributed by atoms with Gasteiger partial charge in [0.05, 0.1) is 5.92 Å². The number of carbonyl (C=O) groups is 2. The highest BCUT2D eigenvalue weighted by molar-refractivity contribution is 9.10. The molecule has 8 heteroatoms. The summed E-state index contributed by atoms with van der Waals surface area (Å²) in [6.45, 7) is 0.394. The van der Waals surface area contributed by atoms with Crippen LogP contribution in [0.4, 0.5) is 5.95 Å². The molecule has 1 saturated carbocycles. The van der Waals surface area contributed by atoms with Crippen LogP contribution >= 0.6 is 15.9 Å². The van der Waals surface area contributed by atoms with Crippen molar-refractivity contribution in [2.75, 3.05) is 11.9 Å². The number of aromatic nitrogens is 3. The molecular formula is C15H16BrN5O2. The lowest BCUT2D eigenvalue weighted by atomic mass is 9.57. The van der Waals surface area contributed by atoms with Crippen LogP contribution in [0.25, 0.3) is 5.65 Å². The molecule has 2 aromatic heterocycles. The second kappa shape index (κ2) is 5.30. The lowest BCUT2D eigenvalue weighted by molar-refractivity contribution is -0.138. The van der Waals surface area contributed by atoms with Crippen LogP contribution in [0, 0.1) is 11.3 Å². The summed E-state index contributed by atoms with van der Waals surface area (Å²) < 4.78 is 2.61. The van der Waals surface area contributed by atoms with Gasteiger partial charge in [-0.05, 0) is 46.3 Å². The normalized spacial score (nSPS) is 22.7. The molecule has 2 fully saturated rings. The molecule has 1 unspecified atom stereocenters. The minimum atomic E-state index is -0.214. The van der Waals surface area contributed by atoms with Crippen molar-refractivity contribution < 1.29 is 9.59 Å². The van der Waals surface area contributed by atoms with Crippen LogP contribution in [0.1, 0.15) is 25.7 Å². The molecule has 2 aromatic rings. The molecule has 3 heterocycles. The Morgan fingerprint density at radius 3 is 2.96 bits per heavy atom. The predicted octanol–water partition coefficient (Wildman–Crippen LogP) is 1.74. The first-order valence-corrected chi connectivity index (χ1v) is 8.45. The van der Waals surface area contributed by atoms with E-state index in [4.69, 9.17) is 0 Å².